The van der Waals surface area contributed by atoms with Crippen LogP contribution in [0.4, 0.5) is 0 Å². The number of aromatic nitrogens is 2. The molecule has 104 valence electrons. The molecule has 0 saturated heterocycles. The fourth-order valence-corrected chi connectivity index (χ4v) is 2.58. The van der Waals surface area contributed by atoms with E-state index in [4.69, 9.17) is 4.74 Å². The number of ether oxygens (including phenoxy) is 1. The molecule has 0 spiro atoms. The maximum absolute atomic E-state index is 12.3. The lowest BCUT2D eigenvalue weighted by Crippen LogP contribution is -2.39. The third kappa shape index (κ3) is 2.15. The Morgan fingerprint density at radius 3 is 2.65 bits per heavy atom. The van der Waals surface area contributed by atoms with E-state index in [0.29, 0.717) is 13.1 Å². The Balaban J connectivity index is 1.98. The van der Waals surface area contributed by atoms with Crippen molar-refractivity contribution in [3.05, 3.63) is 62.4 Å². The van der Waals surface area contributed by atoms with Gasteiger partial charge in [-0.15, -0.1) is 0 Å². The van der Waals surface area contributed by atoms with Crippen LogP contribution in [0.25, 0.3) is 0 Å². The van der Waals surface area contributed by atoms with Gasteiger partial charge in [0.25, 0.3) is 5.56 Å². The van der Waals surface area contributed by atoms with Gasteiger partial charge in [0, 0.05) is 18.3 Å². The van der Waals surface area contributed by atoms with Crippen molar-refractivity contribution in [2.24, 2.45) is 0 Å². The van der Waals surface area contributed by atoms with E-state index < -0.39 is 0 Å². The molecular weight excluding hydrogens is 256 g/mol. The fraction of sp³-hybridized carbons (Fsp3) is 0.333. The first-order valence-electron chi connectivity index (χ1n) is 6.65. The van der Waals surface area contributed by atoms with Crippen molar-refractivity contribution in [1.29, 1.82) is 0 Å². The zero-order valence-electron chi connectivity index (χ0n) is 11.3. The first-order chi connectivity index (χ1) is 9.69. The zero-order valence-corrected chi connectivity index (χ0v) is 11.3. The highest BCUT2D eigenvalue weighted by Gasteiger charge is 2.15. The summed E-state index contributed by atoms with van der Waals surface area (Å²) in [5.41, 5.74) is 1.33. The number of nitrogens with zero attached hydrogens (tertiary/aromatic N) is 2. The topological polar surface area (TPSA) is 53.2 Å². The number of fused-ring (bicyclic) bond motifs is 1. The molecule has 0 N–H and O–H groups in total. The van der Waals surface area contributed by atoms with Gasteiger partial charge in [0.2, 0.25) is 0 Å². The summed E-state index contributed by atoms with van der Waals surface area (Å²) in [5.74, 6) is 0.756. The maximum Gasteiger partial charge on any atom is 0.331 e. The summed E-state index contributed by atoms with van der Waals surface area (Å²) >= 11 is 0. The second-order valence-corrected chi connectivity index (χ2v) is 4.95. The van der Waals surface area contributed by atoms with Gasteiger partial charge < -0.3 is 4.74 Å². The van der Waals surface area contributed by atoms with Crippen LogP contribution < -0.4 is 16.0 Å². The Kier molecular flexibility index (Phi) is 3.18. The minimum atomic E-state index is -0.223. The van der Waals surface area contributed by atoms with Crippen LogP contribution in [0.3, 0.4) is 0 Å². The number of aryl methyl sites for hydroxylation is 1. The average molecular weight is 272 g/mol. The molecule has 0 radical (unpaired) electrons. The Hall–Kier alpha value is -2.30. The molecule has 3 rings (SSSR count). The molecule has 20 heavy (non-hydrogen) atoms. The molecule has 1 aromatic heterocycles. The molecule has 2 heterocycles. The van der Waals surface area contributed by atoms with Crippen LogP contribution in [0.5, 0.6) is 5.75 Å². The molecular formula is C15H16N2O3. The Morgan fingerprint density at radius 1 is 1.20 bits per heavy atom. The van der Waals surface area contributed by atoms with Gasteiger partial charge in [-0.25, -0.2) is 4.79 Å². The van der Waals surface area contributed by atoms with Crippen LogP contribution in [-0.4, -0.2) is 16.2 Å². The van der Waals surface area contributed by atoms with Gasteiger partial charge in [0.1, 0.15) is 5.75 Å². The molecule has 0 fully saturated rings. The summed E-state index contributed by atoms with van der Waals surface area (Å²) < 4.78 is 8.08. The van der Waals surface area contributed by atoms with Gasteiger partial charge in [0.05, 0.1) is 13.7 Å². The molecule has 0 atom stereocenters. The summed E-state index contributed by atoms with van der Waals surface area (Å²) in [7, 11) is 1.60. The summed E-state index contributed by atoms with van der Waals surface area (Å²) in [6.45, 7) is 0.999. The van der Waals surface area contributed by atoms with Gasteiger partial charge in [-0.05, 0) is 30.5 Å². The highest BCUT2D eigenvalue weighted by molar-refractivity contribution is 5.27. The average Bonchev–Trinajstić information content (AvgIpc) is 2.92. The molecule has 5 nitrogen and oxygen atoms in total. The predicted molar refractivity (Wildman–Crippen MR) is 75.4 cm³/mol. The summed E-state index contributed by atoms with van der Waals surface area (Å²) in [4.78, 5) is 24.4. The van der Waals surface area contributed by atoms with Gasteiger partial charge in [0.15, 0.2) is 0 Å². The first-order valence-corrected chi connectivity index (χ1v) is 6.65. The standard InChI is InChI=1S/C15H16N2O3/c1-20-13-6-4-11(5-7-13)10-17-14(18)9-12-3-2-8-16(12)15(17)19/h4-7,9H,2-3,8,10H2,1H3. The van der Waals surface area contributed by atoms with Crippen LogP contribution in [-0.2, 0) is 19.5 Å². The number of hydrogen-bond donors (Lipinski definition) is 0. The van der Waals surface area contributed by atoms with E-state index >= 15 is 0 Å². The Bertz CT molecular complexity index is 741. The second-order valence-electron chi connectivity index (χ2n) is 4.95. The molecule has 0 amide bonds. The summed E-state index contributed by atoms with van der Waals surface area (Å²) in [5, 5.41) is 0. The summed E-state index contributed by atoms with van der Waals surface area (Å²) in [6, 6.07) is 8.96. The number of rotatable bonds is 3. The molecule has 2 aromatic rings. The van der Waals surface area contributed by atoms with E-state index in [-0.39, 0.29) is 11.2 Å². The molecule has 1 aliphatic rings. The maximum atomic E-state index is 12.3. The molecule has 0 bridgehead atoms. The monoisotopic (exact) mass is 272 g/mol. The summed E-state index contributed by atoms with van der Waals surface area (Å²) in [6.07, 6.45) is 1.75. The molecule has 1 aromatic carbocycles. The highest BCUT2D eigenvalue weighted by atomic mass is 16.5. The Labute approximate surface area is 116 Å². The largest absolute Gasteiger partial charge is 0.497 e. The number of hydrogen-bond acceptors (Lipinski definition) is 3. The van der Waals surface area contributed by atoms with Crippen molar-refractivity contribution in [3.8, 4) is 5.75 Å². The van der Waals surface area contributed by atoms with E-state index in [0.717, 1.165) is 29.8 Å². The smallest absolute Gasteiger partial charge is 0.331 e. The minimum Gasteiger partial charge on any atom is -0.497 e. The van der Waals surface area contributed by atoms with Crippen LogP contribution in [0.2, 0.25) is 0 Å². The van der Waals surface area contributed by atoms with Crippen molar-refractivity contribution >= 4 is 0 Å². The van der Waals surface area contributed by atoms with Gasteiger partial charge in [-0.2, -0.15) is 0 Å². The third-order valence-corrected chi connectivity index (χ3v) is 3.68. The van der Waals surface area contributed by atoms with Crippen molar-refractivity contribution in [2.45, 2.75) is 25.9 Å². The van der Waals surface area contributed by atoms with Gasteiger partial charge >= 0.3 is 5.69 Å². The minimum absolute atomic E-state index is 0.208. The molecule has 0 unspecified atom stereocenters. The fourth-order valence-electron chi connectivity index (χ4n) is 2.58. The van der Waals surface area contributed by atoms with Crippen LogP contribution in [0.15, 0.2) is 39.9 Å². The van der Waals surface area contributed by atoms with Crippen LogP contribution in [0.1, 0.15) is 17.7 Å². The quantitative estimate of drug-likeness (QED) is 0.838. The van der Waals surface area contributed by atoms with E-state index in [2.05, 4.69) is 0 Å². The lowest BCUT2D eigenvalue weighted by molar-refractivity contribution is 0.414. The predicted octanol–water partition coefficient (Wildman–Crippen LogP) is 1.01. The third-order valence-electron chi connectivity index (χ3n) is 3.68. The van der Waals surface area contributed by atoms with Crippen molar-refractivity contribution in [2.75, 3.05) is 7.11 Å². The van der Waals surface area contributed by atoms with Crippen LogP contribution >= 0.6 is 0 Å². The lowest BCUT2D eigenvalue weighted by atomic mass is 10.2. The van der Waals surface area contributed by atoms with Gasteiger partial charge in [-0.3, -0.25) is 13.9 Å². The highest BCUT2D eigenvalue weighted by Crippen LogP contribution is 2.12. The van der Waals surface area contributed by atoms with Crippen molar-refractivity contribution in [3.63, 3.8) is 0 Å². The number of methoxy groups -OCH3 is 1. The molecule has 5 heteroatoms. The Morgan fingerprint density at radius 2 is 1.95 bits per heavy atom. The van der Waals surface area contributed by atoms with Crippen molar-refractivity contribution < 1.29 is 4.74 Å². The molecule has 1 aliphatic heterocycles. The zero-order chi connectivity index (χ0) is 14.1. The second kappa shape index (κ2) is 5.00. The molecule has 0 aliphatic carbocycles. The number of benzene rings is 1. The van der Waals surface area contributed by atoms with E-state index in [1.54, 1.807) is 17.7 Å². The first kappa shape index (κ1) is 12.7. The van der Waals surface area contributed by atoms with Gasteiger partial charge in [-0.1, -0.05) is 12.1 Å². The van der Waals surface area contributed by atoms with E-state index in [1.165, 1.54) is 4.57 Å². The van der Waals surface area contributed by atoms with Crippen LogP contribution in [0, 0.1) is 0 Å². The molecule has 0 saturated carbocycles. The SMILES string of the molecule is COc1ccc(Cn2c(=O)cc3n(c2=O)CCC3)cc1. The van der Waals surface area contributed by atoms with Crippen molar-refractivity contribution in [1.82, 2.24) is 9.13 Å². The van der Waals surface area contributed by atoms with E-state index in [9.17, 15) is 9.59 Å². The normalized spacial score (nSPS) is 13.2. The van der Waals surface area contributed by atoms with E-state index in [1.807, 2.05) is 24.3 Å². The lowest BCUT2D eigenvalue weighted by Gasteiger charge is -2.09.